The molecular weight excluding hydrogens is 374 g/mol. The molecule has 2 aromatic carbocycles. The lowest BCUT2D eigenvalue weighted by Crippen LogP contribution is -2.21. The van der Waals surface area contributed by atoms with Crippen LogP contribution >= 0.6 is 11.6 Å². The van der Waals surface area contributed by atoms with Gasteiger partial charge in [-0.25, -0.2) is 0 Å². The quantitative estimate of drug-likeness (QED) is 0.507. The maximum Gasteiger partial charge on any atom is 0.0669 e. The van der Waals surface area contributed by atoms with Crippen molar-refractivity contribution in [3.63, 3.8) is 0 Å². The fourth-order valence-corrected chi connectivity index (χ4v) is 6.08. The first kappa shape index (κ1) is 20.5. The molecule has 2 heteroatoms. The summed E-state index contributed by atoms with van der Waals surface area (Å²) in [7, 11) is 0. The molecule has 0 aromatic heterocycles. The van der Waals surface area contributed by atoms with Crippen molar-refractivity contribution in [2.75, 3.05) is 0 Å². The first-order chi connectivity index (χ1) is 14.1. The van der Waals surface area contributed by atoms with E-state index in [2.05, 4.69) is 50.2 Å². The molecule has 2 aliphatic rings. The Labute approximate surface area is 181 Å². The summed E-state index contributed by atoms with van der Waals surface area (Å²) in [5, 5.41) is 9.90. The van der Waals surface area contributed by atoms with Crippen molar-refractivity contribution in [2.24, 2.45) is 11.8 Å². The summed E-state index contributed by atoms with van der Waals surface area (Å²) < 4.78 is 0. The first-order valence-electron chi connectivity index (χ1n) is 11.4. The van der Waals surface area contributed by atoms with E-state index in [4.69, 9.17) is 16.9 Å². The van der Waals surface area contributed by atoms with Crippen molar-refractivity contribution < 1.29 is 0 Å². The van der Waals surface area contributed by atoms with Gasteiger partial charge in [-0.05, 0) is 96.1 Å². The van der Waals surface area contributed by atoms with Gasteiger partial charge >= 0.3 is 0 Å². The van der Waals surface area contributed by atoms with Crippen molar-refractivity contribution in [1.82, 2.24) is 0 Å². The van der Waals surface area contributed by atoms with Crippen molar-refractivity contribution in [1.29, 1.82) is 5.26 Å². The molecule has 3 atom stereocenters. The molecule has 4 rings (SSSR count). The van der Waals surface area contributed by atoms with Crippen molar-refractivity contribution >= 4 is 11.6 Å². The Hall–Kier alpha value is -1.78. The summed E-state index contributed by atoms with van der Waals surface area (Å²) in [5.41, 5.74) is 8.29. The van der Waals surface area contributed by atoms with E-state index in [-0.39, 0.29) is 0 Å². The molecule has 0 bridgehead atoms. The van der Waals surface area contributed by atoms with E-state index in [1.807, 2.05) is 0 Å². The standard InChI is InChI=1S/C27H32ClN/c1-3-19-13-18(2)14-22(15-19)26-17-23(27(28)25-6-4-5-24(25)26)16-21-9-7-20(8-10-21)11-12-29/h7-10,17-19,22H,3-6,11,13-16H2,1-2H3. The van der Waals surface area contributed by atoms with Crippen LogP contribution in [-0.2, 0) is 25.7 Å². The van der Waals surface area contributed by atoms with Gasteiger partial charge in [0.15, 0.2) is 0 Å². The number of halogens is 1. The Balaban J connectivity index is 1.66. The van der Waals surface area contributed by atoms with Gasteiger partial charge in [0.2, 0.25) is 0 Å². The van der Waals surface area contributed by atoms with Crippen molar-refractivity contribution in [3.8, 4) is 6.07 Å². The van der Waals surface area contributed by atoms with E-state index in [9.17, 15) is 0 Å². The van der Waals surface area contributed by atoms with Crippen LogP contribution in [0.2, 0.25) is 5.02 Å². The molecule has 0 radical (unpaired) electrons. The normalized spacial score (nSPS) is 23.6. The van der Waals surface area contributed by atoms with E-state index in [0.717, 1.165) is 35.3 Å². The number of hydrogen-bond donors (Lipinski definition) is 0. The second-order valence-corrected chi connectivity index (χ2v) is 9.74. The Morgan fingerprint density at radius 1 is 1.03 bits per heavy atom. The Morgan fingerprint density at radius 3 is 2.48 bits per heavy atom. The maximum atomic E-state index is 8.89. The van der Waals surface area contributed by atoms with Crippen LogP contribution in [-0.4, -0.2) is 0 Å². The lowest BCUT2D eigenvalue weighted by atomic mass is 9.71. The third-order valence-corrected chi connectivity index (χ3v) is 7.67. The zero-order chi connectivity index (χ0) is 20.4. The highest BCUT2D eigenvalue weighted by atomic mass is 35.5. The molecule has 1 nitrogen and oxygen atoms in total. The lowest BCUT2D eigenvalue weighted by Gasteiger charge is -2.34. The summed E-state index contributed by atoms with van der Waals surface area (Å²) in [6.45, 7) is 4.79. The van der Waals surface area contributed by atoms with Crippen LogP contribution in [0, 0.1) is 23.2 Å². The van der Waals surface area contributed by atoms with Gasteiger partial charge in [-0.15, -0.1) is 0 Å². The van der Waals surface area contributed by atoms with Gasteiger partial charge in [0.1, 0.15) is 0 Å². The third kappa shape index (κ3) is 4.39. The average molecular weight is 406 g/mol. The van der Waals surface area contributed by atoms with Crippen LogP contribution in [0.15, 0.2) is 30.3 Å². The fourth-order valence-electron chi connectivity index (χ4n) is 5.75. The summed E-state index contributed by atoms with van der Waals surface area (Å²) in [6.07, 6.45) is 10.3. The summed E-state index contributed by atoms with van der Waals surface area (Å²) in [5.74, 6) is 2.39. The topological polar surface area (TPSA) is 23.8 Å². The van der Waals surface area contributed by atoms with Gasteiger partial charge in [0.05, 0.1) is 12.5 Å². The number of fused-ring (bicyclic) bond motifs is 1. The fraction of sp³-hybridized carbons (Fsp3) is 0.519. The average Bonchev–Trinajstić information content (AvgIpc) is 3.21. The minimum Gasteiger partial charge on any atom is -0.198 e. The smallest absolute Gasteiger partial charge is 0.0669 e. The highest BCUT2D eigenvalue weighted by Gasteiger charge is 2.31. The molecule has 0 amide bonds. The number of hydrogen-bond acceptors (Lipinski definition) is 1. The molecule has 1 saturated carbocycles. The molecule has 0 aliphatic heterocycles. The Kier molecular flexibility index (Phi) is 6.31. The molecule has 0 N–H and O–H groups in total. The number of nitriles is 1. The zero-order valence-electron chi connectivity index (χ0n) is 17.8. The molecule has 1 fully saturated rings. The highest BCUT2D eigenvalue weighted by Crippen LogP contribution is 2.45. The number of benzene rings is 2. The van der Waals surface area contributed by atoms with Crippen LogP contribution in [0.1, 0.15) is 85.3 Å². The molecule has 3 unspecified atom stereocenters. The van der Waals surface area contributed by atoms with Crippen LogP contribution in [0.5, 0.6) is 0 Å². The molecule has 152 valence electrons. The predicted molar refractivity (Wildman–Crippen MR) is 122 cm³/mol. The summed E-state index contributed by atoms with van der Waals surface area (Å²) in [4.78, 5) is 0. The molecule has 0 saturated heterocycles. The number of rotatable bonds is 5. The SMILES string of the molecule is CCC1CC(C)CC(c2cc(Cc3ccc(CC#N)cc3)c(Cl)c3c2CCC3)C1. The highest BCUT2D eigenvalue weighted by molar-refractivity contribution is 6.32. The molecule has 0 heterocycles. The summed E-state index contributed by atoms with van der Waals surface area (Å²) >= 11 is 6.94. The van der Waals surface area contributed by atoms with Crippen LogP contribution in [0.4, 0.5) is 0 Å². The predicted octanol–water partition coefficient (Wildman–Crippen LogP) is 7.42. The number of nitrogens with zero attached hydrogens (tertiary/aromatic N) is 1. The van der Waals surface area contributed by atoms with Crippen LogP contribution in [0.25, 0.3) is 0 Å². The van der Waals surface area contributed by atoms with Crippen molar-refractivity contribution in [2.45, 2.75) is 77.6 Å². The largest absolute Gasteiger partial charge is 0.198 e. The van der Waals surface area contributed by atoms with Crippen LogP contribution < -0.4 is 0 Å². The summed E-state index contributed by atoms with van der Waals surface area (Å²) in [6, 6.07) is 13.2. The van der Waals surface area contributed by atoms with E-state index in [1.165, 1.54) is 55.2 Å². The van der Waals surface area contributed by atoms with E-state index in [1.54, 1.807) is 11.1 Å². The molecule has 2 aliphatic carbocycles. The molecular formula is C27H32ClN. The van der Waals surface area contributed by atoms with Gasteiger partial charge in [0.25, 0.3) is 0 Å². The Morgan fingerprint density at radius 2 is 1.76 bits per heavy atom. The molecule has 29 heavy (non-hydrogen) atoms. The Bertz CT molecular complexity index is 906. The second-order valence-electron chi connectivity index (χ2n) is 9.36. The second kappa shape index (κ2) is 8.93. The molecule has 0 spiro atoms. The van der Waals surface area contributed by atoms with Gasteiger partial charge < -0.3 is 0 Å². The van der Waals surface area contributed by atoms with Crippen molar-refractivity contribution in [3.05, 3.63) is 68.7 Å². The van der Waals surface area contributed by atoms with E-state index >= 15 is 0 Å². The minimum absolute atomic E-state index is 0.475. The van der Waals surface area contributed by atoms with Crippen LogP contribution in [0.3, 0.4) is 0 Å². The van der Waals surface area contributed by atoms with E-state index in [0.29, 0.717) is 12.3 Å². The maximum absolute atomic E-state index is 8.89. The first-order valence-corrected chi connectivity index (χ1v) is 11.7. The monoisotopic (exact) mass is 405 g/mol. The third-order valence-electron chi connectivity index (χ3n) is 7.20. The van der Waals surface area contributed by atoms with Gasteiger partial charge in [-0.3, -0.25) is 0 Å². The lowest BCUT2D eigenvalue weighted by molar-refractivity contribution is 0.246. The minimum atomic E-state index is 0.475. The zero-order valence-corrected chi connectivity index (χ0v) is 18.6. The molecule has 2 aromatic rings. The van der Waals surface area contributed by atoms with Gasteiger partial charge in [-0.2, -0.15) is 5.26 Å². The van der Waals surface area contributed by atoms with E-state index < -0.39 is 0 Å². The van der Waals surface area contributed by atoms with Gasteiger partial charge in [-0.1, -0.05) is 62.2 Å². The van der Waals surface area contributed by atoms with Gasteiger partial charge in [0, 0.05) is 5.02 Å².